The molecule has 4 rings (SSSR count). The summed E-state index contributed by atoms with van der Waals surface area (Å²) in [7, 11) is 1.64. The van der Waals surface area contributed by atoms with E-state index in [0.717, 1.165) is 28.3 Å². The number of aromatic nitrogens is 2. The van der Waals surface area contributed by atoms with Gasteiger partial charge < -0.3 is 14.4 Å². The number of hydrogen-bond acceptors (Lipinski definition) is 4. The summed E-state index contributed by atoms with van der Waals surface area (Å²) < 4.78 is 12.5. The van der Waals surface area contributed by atoms with E-state index >= 15 is 0 Å². The second kappa shape index (κ2) is 7.86. The molecule has 144 valence electrons. The van der Waals surface area contributed by atoms with E-state index in [1.807, 2.05) is 66.4 Å². The highest BCUT2D eigenvalue weighted by atomic mass is 16.5. The van der Waals surface area contributed by atoms with Crippen LogP contribution in [0.15, 0.2) is 54.6 Å². The van der Waals surface area contributed by atoms with E-state index in [-0.39, 0.29) is 5.91 Å². The van der Waals surface area contributed by atoms with Gasteiger partial charge >= 0.3 is 0 Å². The van der Waals surface area contributed by atoms with E-state index in [2.05, 4.69) is 0 Å². The third-order valence-electron chi connectivity index (χ3n) is 4.84. The zero-order valence-corrected chi connectivity index (χ0v) is 16.1. The van der Waals surface area contributed by atoms with Crippen LogP contribution in [0.5, 0.6) is 5.75 Å². The van der Waals surface area contributed by atoms with E-state index in [1.54, 1.807) is 11.8 Å². The molecule has 1 fully saturated rings. The standard InChI is InChI=1S/C22H23N3O3/c1-16-5-3-7-18(13-16)25-21(22(26)24-9-11-28-12-10-24)15-20(23-25)17-6-4-8-19(14-17)27-2/h3-8,13-15H,9-12H2,1-2H3. The van der Waals surface area contributed by atoms with Gasteiger partial charge in [-0.1, -0.05) is 24.3 Å². The van der Waals surface area contributed by atoms with Crippen LogP contribution in [-0.2, 0) is 4.74 Å². The van der Waals surface area contributed by atoms with E-state index in [0.29, 0.717) is 32.0 Å². The van der Waals surface area contributed by atoms with Crippen LogP contribution in [0.1, 0.15) is 16.1 Å². The molecular formula is C22H23N3O3. The highest BCUT2D eigenvalue weighted by Crippen LogP contribution is 2.26. The number of hydrogen-bond donors (Lipinski definition) is 0. The summed E-state index contributed by atoms with van der Waals surface area (Å²) in [5.74, 6) is 0.718. The first kappa shape index (κ1) is 18.3. The fourth-order valence-corrected chi connectivity index (χ4v) is 3.34. The van der Waals surface area contributed by atoms with Crippen molar-refractivity contribution in [3.8, 4) is 22.7 Å². The summed E-state index contributed by atoms with van der Waals surface area (Å²) >= 11 is 0. The van der Waals surface area contributed by atoms with Gasteiger partial charge in [0, 0.05) is 18.7 Å². The number of rotatable bonds is 4. The highest BCUT2D eigenvalue weighted by molar-refractivity contribution is 5.94. The van der Waals surface area contributed by atoms with Crippen molar-refractivity contribution in [1.29, 1.82) is 0 Å². The van der Waals surface area contributed by atoms with E-state index in [4.69, 9.17) is 14.6 Å². The molecule has 1 aliphatic heterocycles. The average molecular weight is 377 g/mol. The molecule has 0 aliphatic carbocycles. The van der Waals surface area contributed by atoms with E-state index < -0.39 is 0 Å². The first-order valence-electron chi connectivity index (χ1n) is 9.34. The normalized spacial score (nSPS) is 14.1. The van der Waals surface area contributed by atoms with Crippen LogP contribution in [0.2, 0.25) is 0 Å². The van der Waals surface area contributed by atoms with Gasteiger partial charge in [0.25, 0.3) is 5.91 Å². The minimum Gasteiger partial charge on any atom is -0.497 e. The smallest absolute Gasteiger partial charge is 0.272 e. The van der Waals surface area contributed by atoms with Gasteiger partial charge in [-0.25, -0.2) is 4.68 Å². The van der Waals surface area contributed by atoms with Gasteiger partial charge in [-0.05, 0) is 42.8 Å². The number of methoxy groups -OCH3 is 1. The molecule has 2 heterocycles. The van der Waals surface area contributed by atoms with Crippen molar-refractivity contribution in [2.75, 3.05) is 33.4 Å². The van der Waals surface area contributed by atoms with Crippen molar-refractivity contribution in [1.82, 2.24) is 14.7 Å². The highest BCUT2D eigenvalue weighted by Gasteiger charge is 2.24. The van der Waals surface area contributed by atoms with E-state index in [9.17, 15) is 4.79 Å². The van der Waals surface area contributed by atoms with Crippen molar-refractivity contribution in [3.63, 3.8) is 0 Å². The van der Waals surface area contributed by atoms with E-state index in [1.165, 1.54) is 0 Å². The van der Waals surface area contributed by atoms with Gasteiger partial charge in [0.15, 0.2) is 0 Å². The molecule has 1 saturated heterocycles. The Morgan fingerprint density at radius 3 is 2.61 bits per heavy atom. The maximum Gasteiger partial charge on any atom is 0.272 e. The molecule has 6 heteroatoms. The Morgan fingerprint density at radius 2 is 1.86 bits per heavy atom. The largest absolute Gasteiger partial charge is 0.497 e. The van der Waals surface area contributed by atoms with Crippen LogP contribution < -0.4 is 4.74 Å². The number of aryl methyl sites for hydroxylation is 1. The third-order valence-corrected chi connectivity index (χ3v) is 4.84. The van der Waals surface area contributed by atoms with Crippen LogP contribution in [0.4, 0.5) is 0 Å². The van der Waals surface area contributed by atoms with Crippen molar-refractivity contribution < 1.29 is 14.3 Å². The van der Waals surface area contributed by atoms with Crippen LogP contribution in [0, 0.1) is 6.92 Å². The van der Waals surface area contributed by atoms with Crippen LogP contribution >= 0.6 is 0 Å². The minimum atomic E-state index is -0.0357. The second-order valence-electron chi connectivity index (χ2n) is 6.80. The number of amides is 1. The predicted molar refractivity (Wildman–Crippen MR) is 107 cm³/mol. The summed E-state index contributed by atoms with van der Waals surface area (Å²) in [5.41, 5.74) is 4.16. The van der Waals surface area contributed by atoms with Crippen molar-refractivity contribution >= 4 is 5.91 Å². The van der Waals surface area contributed by atoms with Gasteiger partial charge in [-0.15, -0.1) is 0 Å². The Hall–Kier alpha value is -3.12. The zero-order valence-electron chi connectivity index (χ0n) is 16.1. The van der Waals surface area contributed by atoms with Gasteiger partial charge in [0.05, 0.1) is 31.7 Å². The fraction of sp³-hybridized carbons (Fsp3) is 0.273. The molecule has 0 atom stereocenters. The van der Waals surface area contributed by atoms with Crippen LogP contribution in [-0.4, -0.2) is 54.0 Å². The fourth-order valence-electron chi connectivity index (χ4n) is 3.34. The summed E-state index contributed by atoms with van der Waals surface area (Å²) in [6, 6.07) is 17.5. The molecule has 1 aromatic heterocycles. The molecule has 1 amide bonds. The molecule has 0 N–H and O–H groups in total. The van der Waals surface area contributed by atoms with Gasteiger partial charge in [-0.2, -0.15) is 5.10 Å². The van der Waals surface area contributed by atoms with Crippen LogP contribution in [0.3, 0.4) is 0 Å². The number of carbonyl (C=O) groups excluding carboxylic acids is 1. The Morgan fingerprint density at radius 1 is 1.07 bits per heavy atom. The number of benzene rings is 2. The quantitative estimate of drug-likeness (QED) is 0.700. The SMILES string of the molecule is COc1cccc(-c2cc(C(=O)N3CCOCC3)n(-c3cccc(C)c3)n2)c1. The van der Waals surface area contributed by atoms with Crippen molar-refractivity contribution in [3.05, 3.63) is 65.9 Å². The number of nitrogens with zero attached hydrogens (tertiary/aromatic N) is 3. The zero-order chi connectivity index (χ0) is 19.5. The molecule has 1 aliphatic rings. The number of carbonyl (C=O) groups is 1. The maximum atomic E-state index is 13.2. The third kappa shape index (κ3) is 3.64. The molecule has 0 radical (unpaired) electrons. The maximum absolute atomic E-state index is 13.2. The van der Waals surface area contributed by atoms with Crippen molar-refractivity contribution in [2.45, 2.75) is 6.92 Å². The molecule has 0 bridgehead atoms. The first-order valence-corrected chi connectivity index (χ1v) is 9.34. The lowest BCUT2D eigenvalue weighted by atomic mass is 10.1. The summed E-state index contributed by atoms with van der Waals surface area (Å²) in [6.45, 7) is 4.33. The van der Waals surface area contributed by atoms with Crippen molar-refractivity contribution in [2.24, 2.45) is 0 Å². The molecule has 28 heavy (non-hydrogen) atoms. The average Bonchev–Trinajstić information content (AvgIpc) is 3.19. The monoisotopic (exact) mass is 377 g/mol. The lowest BCUT2D eigenvalue weighted by Gasteiger charge is -2.26. The Bertz CT molecular complexity index is 990. The summed E-state index contributed by atoms with van der Waals surface area (Å²) in [6.07, 6.45) is 0. The first-order chi connectivity index (χ1) is 13.7. The lowest BCUT2D eigenvalue weighted by Crippen LogP contribution is -2.41. The summed E-state index contributed by atoms with van der Waals surface area (Å²) in [4.78, 5) is 15.1. The Labute approximate surface area is 164 Å². The Balaban J connectivity index is 1.80. The molecule has 6 nitrogen and oxygen atoms in total. The van der Waals surface area contributed by atoms with Crippen LogP contribution in [0.25, 0.3) is 16.9 Å². The summed E-state index contributed by atoms with van der Waals surface area (Å²) in [5, 5.41) is 4.77. The molecule has 0 saturated carbocycles. The topological polar surface area (TPSA) is 56.6 Å². The second-order valence-corrected chi connectivity index (χ2v) is 6.80. The Kier molecular flexibility index (Phi) is 5.12. The molecule has 2 aromatic carbocycles. The minimum absolute atomic E-state index is 0.0357. The molecular weight excluding hydrogens is 354 g/mol. The molecule has 0 unspecified atom stereocenters. The predicted octanol–water partition coefficient (Wildman–Crippen LogP) is 3.33. The van der Waals surface area contributed by atoms with Gasteiger partial charge in [-0.3, -0.25) is 4.79 Å². The lowest BCUT2D eigenvalue weighted by molar-refractivity contribution is 0.0297. The van der Waals surface area contributed by atoms with Gasteiger partial charge in [0.2, 0.25) is 0 Å². The number of ether oxygens (including phenoxy) is 2. The molecule has 0 spiro atoms. The van der Waals surface area contributed by atoms with Gasteiger partial charge in [0.1, 0.15) is 11.4 Å². The molecule has 3 aromatic rings. The number of morpholine rings is 1.